The predicted octanol–water partition coefficient (Wildman–Crippen LogP) is 2.86. The molecule has 0 bridgehead atoms. The summed E-state index contributed by atoms with van der Waals surface area (Å²) < 4.78 is 33.2. The first-order chi connectivity index (χ1) is 15.8. The van der Waals surface area contributed by atoms with Gasteiger partial charge in [-0.25, -0.2) is 8.78 Å². The summed E-state index contributed by atoms with van der Waals surface area (Å²) in [7, 11) is 1.79. The Balaban J connectivity index is 1.36. The van der Waals surface area contributed by atoms with E-state index in [0.29, 0.717) is 44.1 Å². The van der Waals surface area contributed by atoms with Crippen molar-refractivity contribution in [3.8, 4) is 0 Å². The molecule has 1 saturated carbocycles. The highest BCUT2D eigenvalue weighted by Crippen LogP contribution is 2.42. The number of aliphatic hydroxyl groups excluding tert-OH is 1. The number of aromatic amines is 2. The predicted molar refractivity (Wildman–Crippen MR) is 116 cm³/mol. The highest BCUT2D eigenvalue weighted by atomic mass is 19.1. The minimum absolute atomic E-state index is 0.152. The Morgan fingerprint density at radius 3 is 2.88 bits per heavy atom. The maximum absolute atomic E-state index is 14.1. The third-order valence-electron chi connectivity index (χ3n) is 6.88. The van der Waals surface area contributed by atoms with Gasteiger partial charge in [0.15, 0.2) is 0 Å². The molecule has 1 unspecified atom stereocenters. The lowest BCUT2D eigenvalue weighted by Gasteiger charge is -2.31. The zero-order chi connectivity index (χ0) is 23.3. The Hall–Kier alpha value is -2.82. The van der Waals surface area contributed by atoms with E-state index in [1.165, 1.54) is 12.1 Å². The fraction of sp³-hybridized carbons (Fsp3) is 0.478. The van der Waals surface area contributed by atoms with E-state index in [1.54, 1.807) is 16.8 Å². The first-order valence-electron chi connectivity index (χ1n) is 11.1. The van der Waals surface area contributed by atoms with Gasteiger partial charge in [-0.15, -0.1) is 0 Å². The number of aromatic nitrogens is 3. The number of ether oxygens (including phenoxy) is 1. The quantitative estimate of drug-likeness (QED) is 0.505. The van der Waals surface area contributed by atoms with Gasteiger partial charge in [-0.3, -0.25) is 14.8 Å². The fourth-order valence-corrected chi connectivity index (χ4v) is 4.61. The van der Waals surface area contributed by atoms with Crippen LogP contribution in [0, 0.1) is 11.6 Å². The molecule has 1 amide bonds. The third kappa shape index (κ3) is 3.81. The van der Waals surface area contributed by atoms with Gasteiger partial charge in [0.25, 0.3) is 5.91 Å². The maximum Gasteiger partial charge on any atom is 0.272 e. The second kappa shape index (κ2) is 8.19. The summed E-state index contributed by atoms with van der Waals surface area (Å²) in [5.74, 6) is -1.53. The van der Waals surface area contributed by atoms with Crippen LogP contribution in [0.1, 0.15) is 53.4 Å². The van der Waals surface area contributed by atoms with Crippen molar-refractivity contribution in [2.75, 3.05) is 26.8 Å². The Morgan fingerprint density at radius 1 is 1.36 bits per heavy atom. The molecule has 3 heterocycles. The molecule has 1 aliphatic carbocycles. The first kappa shape index (κ1) is 22.0. The first-order valence-corrected chi connectivity index (χ1v) is 11.1. The molecular formula is C23H27F2N5O3. The number of fused-ring (bicyclic) bond motifs is 2. The van der Waals surface area contributed by atoms with E-state index in [0.717, 1.165) is 30.2 Å². The lowest BCUT2D eigenvalue weighted by atomic mass is 10.0. The molecule has 1 atom stereocenters. The van der Waals surface area contributed by atoms with Crippen molar-refractivity contribution in [2.45, 2.75) is 44.5 Å². The van der Waals surface area contributed by atoms with Gasteiger partial charge in [-0.05, 0) is 31.9 Å². The van der Waals surface area contributed by atoms with Crippen LogP contribution in [0.25, 0.3) is 10.9 Å². The molecule has 8 nitrogen and oxygen atoms in total. The third-order valence-corrected chi connectivity index (χ3v) is 6.88. The molecule has 1 aliphatic heterocycles. The smallest absolute Gasteiger partial charge is 0.272 e. The summed E-state index contributed by atoms with van der Waals surface area (Å²) in [6, 6.07) is 3.50. The number of halogens is 2. The van der Waals surface area contributed by atoms with Crippen LogP contribution in [0.3, 0.4) is 0 Å². The van der Waals surface area contributed by atoms with Gasteiger partial charge in [0, 0.05) is 50.2 Å². The number of benzene rings is 1. The number of H-pyrrole nitrogens is 2. The average Bonchev–Trinajstić information content (AvgIpc) is 3.27. The van der Waals surface area contributed by atoms with Crippen molar-refractivity contribution in [3.05, 3.63) is 52.5 Å². The minimum atomic E-state index is -1.07. The van der Waals surface area contributed by atoms with Crippen LogP contribution in [0.2, 0.25) is 0 Å². The fourth-order valence-electron chi connectivity index (χ4n) is 4.61. The van der Waals surface area contributed by atoms with E-state index in [4.69, 9.17) is 4.74 Å². The Bertz CT molecular complexity index is 1200. The van der Waals surface area contributed by atoms with E-state index < -0.39 is 17.9 Å². The number of rotatable bonds is 7. The highest BCUT2D eigenvalue weighted by molar-refractivity contribution is 5.94. The van der Waals surface area contributed by atoms with Crippen LogP contribution < -0.4 is 0 Å². The van der Waals surface area contributed by atoms with Crippen LogP contribution in [0.5, 0.6) is 0 Å². The van der Waals surface area contributed by atoms with Crippen molar-refractivity contribution in [1.82, 2.24) is 25.0 Å². The second-order valence-electron chi connectivity index (χ2n) is 8.92. The van der Waals surface area contributed by atoms with Crippen LogP contribution in [0.15, 0.2) is 18.2 Å². The average molecular weight is 459 g/mol. The SMILES string of the molecule is CCOCC1(N(C)C(=O)c2[nH]nc3c2CN(C(O)c2cc4c(F)cc(F)cc4[nH]2)CC3)CC1. The number of nitrogens with zero attached hydrogens (tertiary/aromatic N) is 3. The zero-order valence-electron chi connectivity index (χ0n) is 18.6. The van der Waals surface area contributed by atoms with Crippen molar-refractivity contribution in [2.24, 2.45) is 0 Å². The summed E-state index contributed by atoms with van der Waals surface area (Å²) >= 11 is 0. The number of hydrogen-bond acceptors (Lipinski definition) is 5. The summed E-state index contributed by atoms with van der Waals surface area (Å²) in [5, 5.41) is 18.4. The van der Waals surface area contributed by atoms with Gasteiger partial charge in [0.05, 0.1) is 29.1 Å². The standard InChI is InChI=1S/C23H27F2N5O3/c1-3-33-12-23(5-6-23)29(2)22(32)20-15-11-30(7-4-17(15)27-28-20)21(31)19-10-14-16(25)8-13(24)9-18(14)26-19/h8-10,21,26,31H,3-7,11-12H2,1-2H3,(H,27,28). The summed E-state index contributed by atoms with van der Waals surface area (Å²) in [6.07, 6.45) is 1.27. The van der Waals surface area contributed by atoms with Crippen LogP contribution in [-0.2, 0) is 17.7 Å². The van der Waals surface area contributed by atoms with Gasteiger partial charge in [0.2, 0.25) is 0 Å². The van der Waals surface area contributed by atoms with E-state index in [9.17, 15) is 18.7 Å². The van der Waals surface area contributed by atoms with Crippen LogP contribution in [0.4, 0.5) is 8.78 Å². The Kier molecular flexibility index (Phi) is 5.46. The molecular weight excluding hydrogens is 432 g/mol. The van der Waals surface area contributed by atoms with Gasteiger partial charge >= 0.3 is 0 Å². The van der Waals surface area contributed by atoms with Gasteiger partial charge in [-0.2, -0.15) is 5.10 Å². The number of carbonyl (C=O) groups is 1. The number of hydrogen-bond donors (Lipinski definition) is 3. The van der Waals surface area contributed by atoms with E-state index in [-0.39, 0.29) is 22.3 Å². The van der Waals surface area contributed by atoms with E-state index >= 15 is 0 Å². The van der Waals surface area contributed by atoms with Crippen molar-refractivity contribution in [3.63, 3.8) is 0 Å². The van der Waals surface area contributed by atoms with Crippen molar-refractivity contribution < 1.29 is 23.4 Å². The number of amides is 1. The van der Waals surface area contributed by atoms with E-state index in [2.05, 4.69) is 15.2 Å². The molecule has 0 spiro atoms. The molecule has 3 N–H and O–H groups in total. The molecule has 0 radical (unpaired) electrons. The molecule has 1 aromatic carbocycles. The number of aliphatic hydroxyl groups is 1. The van der Waals surface area contributed by atoms with Gasteiger partial charge < -0.3 is 19.7 Å². The Labute approximate surface area is 189 Å². The largest absolute Gasteiger partial charge is 0.379 e. The molecule has 0 saturated heterocycles. The minimum Gasteiger partial charge on any atom is -0.379 e. The maximum atomic E-state index is 14.1. The monoisotopic (exact) mass is 459 g/mol. The molecule has 5 rings (SSSR count). The molecule has 2 aromatic heterocycles. The number of likely N-dealkylation sites (N-methyl/N-ethyl adjacent to an activating group) is 1. The van der Waals surface area contributed by atoms with Gasteiger partial charge in [-0.1, -0.05) is 0 Å². The lowest BCUT2D eigenvalue weighted by Crippen LogP contribution is -2.43. The van der Waals surface area contributed by atoms with Crippen LogP contribution >= 0.6 is 0 Å². The molecule has 176 valence electrons. The Morgan fingerprint density at radius 2 is 2.15 bits per heavy atom. The summed E-state index contributed by atoms with van der Waals surface area (Å²) in [4.78, 5) is 19.7. The molecule has 3 aromatic rings. The van der Waals surface area contributed by atoms with Crippen molar-refractivity contribution in [1.29, 1.82) is 0 Å². The van der Waals surface area contributed by atoms with E-state index in [1.807, 2.05) is 6.92 Å². The topological polar surface area (TPSA) is 97.5 Å². The van der Waals surface area contributed by atoms with Gasteiger partial charge in [0.1, 0.15) is 23.6 Å². The summed E-state index contributed by atoms with van der Waals surface area (Å²) in [6.45, 7) is 3.83. The zero-order valence-corrected chi connectivity index (χ0v) is 18.6. The molecule has 10 heteroatoms. The molecule has 2 aliphatic rings. The highest BCUT2D eigenvalue weighted by Gasteiger charge is 2.49. The number of carbonyl (C=O) groups excluding carboxylic acids is 1. The molecule has 33 heavy (non-hydrogen) atoms. The van der Waals surface area contributed by atoms with Crippen molar-refractivity contribution >= 4 is 16.8 Å². The summed E-state index contributed by atoms with van der Waals surface area (Å²) in [5.41, 5.74) is 2.33. The normalized spacial score (nSPS) is 18.3. The molecule has 1 fully saturated rings. The second-order valence-corrected chi connectivity index (χ2v) is 8.92. The lowest BCUT2D eigenvalue weighted by molar-refractivity contribution is -0.0108. The number of nitrogens with one attached hydrogen (secondary N) is 2. The van der Waals surface area contributed by atoms with Crippen LogP contribution in [-0.4, -0.2) is 68.3 Å².